The third-order valence-electron chi connectivity index (χ3n) is 3.81. The van der Waals surface area contributed by atoms with Crippen LogP contribution in [-0.4, -0.2) is 52.2 Å². The molecule has 3 N–H and O–H groups in total. The first-order chi connectivity index (χ1) is 9.92. The number of rotatable bonds is 7. The largest absolute Gasteiger partial charge is 0.480 e. The zero-order chi connectivity index (χ0) is 15.8. The number of carbonyl (C=O) groups excluding carboxylic acids is 1. The number of carboxylic acids is 2. The number of nitrogens with zero attached hydrogens (tertiary/aromatic N) is 1. The Bertz CT molecular complexity index is 362. The van der Waals surface area contributed by atoms with E-state index in [2.05, 4.69) is 12.2 Å². The number of carbonyl (C=O) groups is 3. The molecule has 0 aliphatic heterocycles. The zero-order valence-electron chi connectivity index (χ0n) is 12.4. The molecule has 0 heterocycles. The minimum Gasteiger partial charge on any atom is -0.480 e. The minimum atomic E-state index is -1.22. The van der Waals surface area contributed by atoms with Gasteiger partial charge in [-0.3, -0.25) is 9.59 Å². The lowest BCUT2D eigenvalue weighted by Crippen LogP contribution is -2.49. The van der Waals surface area contributed by atoms with Crippen LogP contribution in [-0.2, 0) is 9.59 Å². The summed E-state index contributed by atoms with van der Waals surface area (Å²) >= 11 is 0. The van der Waals surface area contributed by atoms with Crippen LogP contribution in [0.4, 0.5) is 4.79 Å². The first-order valence-corrected chi connectivity index (χ1v) is 7.41. The lowest BCUT2D eigenvalue weighted by Gasteiger charge is -2.30. The molecule has 0 radical (unpaired) electrons. The van der Waals surface area contributed by atoms with E-state index in [-0.39, 0.29) is 6.04 Å². The molecule has 2 amide bonds. The van der Waals surface area contributed by atoms with Gasteiger partial charge in [-0.15, -0.1) is 0 Å². The Morgan fingerprint density at radius 3 is 2.00 bits per heavy atom. The topological polar surface area (TPSA) is 107 Å². The summed E-state index contributed by atoms with van der Waals surface area (Å²) in [7, 11) is 0. The summed E-state index contributed by atoms with van der Waals surface area (Å²) < 4.78 is 0. The molecule has 1 fully saturated rings. The first-order valence-electron chi connectivity index (χ1n) is 7.41. The third-order valence-corrected chi connectivity index (χ3v) is 3.81. The van der Waals surface area contributed by atoms with Crippen LogP contribution in [0.3, 0.4) is 0 Å². The lowest BCUT2D eigenvalue weighted by atomic mass is 9.83. The van der Waals surface area contributed by atoms with E-state index in [1.807, 2.05) is 0 Å². The van der Waals surface area contributed by atoms with Gasteiger partial charge >= 0.3 is 18.0 Å². The second-order valence-corrected chi connectivity index (χ2v) is 5.60. The van der Waals surface area contributed by atoms with E-state index in [9.17, 15) is 14.4 Å². The highest BCUT2D eigenvalue weighted by molar-refractivity contribution is 5.84. The molecule has 1 rings (SSSR count). The number of carboxylic acid groups (broad SMARTS) is 2. The predicted octanol–water partition coefficient (Wildman–Crippen LogP) is 1.53. The fraction of sp³-hybridized carbons (Fsp3) is 0.786. The molecule has 7 nitrogen and oxygen atoms in total. The summed E-state index contributed by atoms with van der Waals surface area (Å²) in [5, 5.41) is 20.2. The molecule has 21 heavy (non-hydrogen) atoms. The number of nitrogens with one attached hydrogen (secondary N) is 1. The molecular formula is C14H24N2O5. The highest BCUT2D eigenvalue weighted by Gasteiger charge is 2.25. The molecule has 1 aliphatic carbocycles. The lowest BCUT2D eigenvalue weighted by molar-refractivity contribution is -0.140. The normalized spacial score (nSPS) is 21.6. The summed E-state index contributed by atoms with van der Waals surface area (Å²) in [6.07, 6.45) is 6.19. The molecule has 1 aliphatic rings. The van der Waals surface area contributed by atoms with Gasteiger partial charge < -0.3 is 20.4 Å². The van der Waals surface area contributed by atoms with Gasteiger partial charge in [-0.05, 0) is 31.6 Å². The number of urea groups is 1. The van der Waals surface area contributed by atoms with E-state index in [0.717, 1.165) is 37.0 Å². The van der Waals surface area contributed by atoms with Crippen molar-refractivity contribution in [3.05, 3.63) is 0 Å². The Balaban J connectivity index is 2.46. The molecule has 0 bridgehead atoms. The molecule has 0 aromatic carbocycles. The standard InChI is InChI=1S/C14H24N2O5/c1-2-3-10-4-6-11(7-5-10)15-14(21)16(8-12(17)18)9-13(19)20/h10-11H,2-9H2,1H3,(H,15,21)(H,17,18)(H,19,20). The second kappa shape index (κ2) is 8.49. The van der Waals surface area contributed by atoms with Crippen LogP contribution < -0.4 is 5.32 Å². The SMILES string of the molecule is CCCC1CCC(NC(=O)N(CC(=O)O)CC(=O)O)CC1. The Morgan fingerprint density at radius 1 is 1.05 bits per heavy atom. The van der Waals surface area contributed by atoms with Gasteiger partial charge in [0.05, 0.1) is 0 Å². The van der Waals surface area contributed by atoms with Crippen LogP contribution in [0.5, 0.6) is 0 Å². The summed E-state index contributed by atoms with van der Waals surface area (Å²) in [5.41, 5.74) is 0. The molecule has 0 atom stereocenters. The van der Waals surface area contributed by atoms with E-state index in [0.29, 0.717) is 5.92 Å². The van der Waals surface area contributed by atoms with Crippen molar-refractivity contribution in [1.29, 1.82) is 0 Å². The fourth-order valence-corrected chi connectivity index (χ4v) is 2.80. The van der Waals surface area contributed by atoms with Gasteiger partial charge in [0.1, 0.15) is 13.1 Å². The van der Waals surface area contributed by atoms with Crippen molar-refractivity contribution in [2.45, 2.75) is 51.5 Å². The Kier molecular flexibility index (Phi) is 6.98. The van der Waals surface area contributed by atoms with Crippen LogP contribution in [0.1, 0.15) is 45.4 Å². The van der Waals surface area contributed by atoms with Gasteiger partial charge in [0.25, 0.3) is 0 Å². The Labute approximate surface area is 124 Å². The Hall–Kier alpha value is -1.79. The van der Waals surface area contributed by atoms with E-state index >= 15 is 0 Å². The maximum atomic E-state index is 12.0. The molecule has 120 valence electrons. The van der Waals surface area contributed by atoms with Gasteiger partial charge in [0.15, 0.2) is 0 Å². The zero-order valence-corrected chi connectivity index (χ0v) is 12.4. The summed E-state index contributed by atoms with van der Waals surface area (Å²) in [5.74, 6) is -1.74. The van der Waals surface area contributed by atoms with Gasteiger partial charge in [-0.2, -0.15) is 0 Å². The van der Waals surface area contributed by atoms with E-state index in [1.165, 1.54) is 6.42 Å². The molecule has 0 spiro atoms. The minimum absolute atomic E-state index is 0.00990. The predicted molar refractivity (Wildman–Crippen MR) is 76.0 cm³/mol. The number of aliphatic carboxylic acids is 2. The number of hydrogen-bond acceptors (Lipinski definition) is 3. The number of amides is 2. The van der Waals surface area contributed by atoms with Crippen molar-refractivity contribution in [1.82, 2.24) is 10.2 Å². The summed E-state index contributed by atoms with van der Waals surface area (Å²) in [4.78, 5) is 34.2. The van der Waals surface area contributed by atoms with Crippen LogP contribution in [0.25, 0.3) is 0 Å². The Morgan fingerprint density at radius 2 is 1.57 bits per heavy atom. The van der Waals surface area contributed by atoms with E-state index in [1.54, 1.807) is 0 Å². The van der Waals surface area contributed by atoms with E-state index in [4.69, 9.17) is 10.2 Å². The van der Waals surface area contributed by atoms with Crippen molar-refractivity contribution >= 4 is 18.0 Å². The van der Waals surface area contributed by atoms with Crippen molar-refractivity contribution in [3.8, 4) is 0 Å². The van der Waals surface area contributed by atoms with Crippen LogP contribution in [0, 0.1) is 5.92 Å². The van der Waals surface area contributed by atoms with Crippen LogP contribution >= 0.6 is 0 Å². The molecule has 1 saturated carbocycles. The fourth-order valence-electron chi connectivity index (χ4n) is 2.80. The number of hydrogen-bond donors (Lipinski definition) is 3. The van der Waals surface area contributed by atoms with E-state index < -0.39 is 31.1 Å². The first kappa shape index (κ1) is 17.3. The molecule has 0 aromatic heterocycles. The molecular weight excluding hydrogens is 276 g/mol. The van der Waals surface area contributed by atoms with Gasteiger partial charge in [0.2, 0.25) is 0 Å². The van der Waals surface area contributed by atoms with Crippen LogP contribution in [0.15, 0.2) is 0 Å². The van der Waals surface area contributed by atoms with Crippen molar-refractivity contribution in [2.75, 3.05) is 13.1 Å². The highest BCUT2D eigenvalue weighted by Crippen LogP contribution is 2.27. The van der Waals surface area contributed by atoms with Gasteiger partial charge in [-0.25, -0.2) is 4.79 Å². The van der Waals surface area contributed by atoms with Crippen LogP contribution in [0.2, 0.25) is 0 Å². The van der Waals surface area contributed by atoms with Gasteiger partial charge in [-0.1, -0.05) is 19.8 Å². The van der Waals surface area contributed by atoms with Crippen molar-refractivity contribution in [2.24, 2.45) is 5.92 Å². The summed E-state index contributed by atoms with van der Waals surface area (Å²) in [6, 6.07) is -0.602. The van der Waals surface area contributed by atoms with Crippen molar-refractivity contribution < 1.29 is 24.6 Å². The van der Waals surface area contributed by atoms with Gasteiger partial charge in [0, 0.05) is 6.04 Å². The molecule has 0 aromatic rings. The monoisotopic (exact) mass is 300 g/mol. The molecule has 0 unspecified atom stereocenters. The smallest absolute Gasteiger partial charge is 0.323 e. The average Bonchev–Trinajstić information content (AvgIpc) is 2.39. The second-order valence-electron chi connectivity index (χ2n) is 5.60. The van der Waals surface area contributed by atoms with Crippen molar-refractivity contribution in [3.63, 3.8) is 0 Å². The average molecular weight is 300 g/mol. The molecule has 7 heteroatoms. The molecule has 0 saturated heterocycles. The summed E-state index contributed by atoms with van der Waals surface area (Å²) in [6.45, 7) is 0.941. The highest BCUT2D eigenvalue weighted by atomic mass is 16.4. The maximum Gasteiger partial charge on any atom is 0.323 e. The third kappa shape index (κ3) is 6.46. The maximum absolute atomic E-state index is 12.0. The quantitative estimate of drug-likeness (QED) is 0.661.